The lowest BCUT2D eigenvalue weighted by molar-refractivity contribution is -0.113. The summed E-state index contributed by atoms with van der Waals surface area (Å²) in [4.78, 5) is 30.5. The number of anilines is 1. The number of carbonyl (C=O) groups excluding carboxylic acids is 1. The van der Waals surface area contributed by atoms with Crippen LogP contribution in [0, 0.1) is 0 Å². The molecule has 1 amide bonds. The van der Waals surface area contributed by atoms with Gasteiger partial charge < -0.3 is 9.73 Å². The Morgan fingerprint density at radius 3 is 2.81 bits per heavy atom. The van der Waals surface area contributed by atoms with Crippen LogP contribution in [0.25, 0.3) is 10.9 Å². The van der Waals surface area contributed by atoms with Crippen molar-refractivity contribution in [3.05, 3.63) is 71.0 Å². The number of furan rings is 1. The maximum Gasteiger partial charge on any atom is 0.262 e. The molecule has 0 saturated heterocycles. The SMILES string of the molecule is O=C(CSc1nc2ccccc2c(=O)n1Cc1ccco1)Nc1ccnn1C1CCCC1. The molecule has 9 heteroatoms. The Balaban J connectivity index is 1.36. The number of benzene rings is 1. The minimum absolute atomic E-state index is 0.124. The number of thioether (sulfide) groups is 1. The fourth-order valence-electron chi connectivity index (χ4n) is 4.12. The van der Waals surface area contributed by atoms with Crippen molar-refractivity contribution in [1.82, 2.24) is 19.3 Å². The van der Waals surface area contributed by atoms with Crippen LogP contribution in [0.1, 0.15) is 37.5 Å². The van der Waals surface area contributed by atoms with Gasteiger partial charge in [-0.25, -0.2) is 9.67 Å². The average Bonchev–Trinajstić information content (AvgIpc) is 3.57. The summed E-state index contributed by atoms with van der Waals surface area (Å²) in [6.45, 7) is 0.252. The van der Waals surface area contributed by atoms with E-state index < -0.39 is 0 Å². The Morgan fingerprint density at radius 2 is 2.00 bits per heavy atom. The molecule has 0 bridgehead atoms. The topological polar surface area (TPSA) is 94.9 Å². The molecule has 0 spiro atoms. The Kier molecular flexibility index (Phi) is 5.81. The molecule has 1 N–H and O–H groups in total. The van der Waals surface area contributed by atoms with E-state index in [0.717, 1.165) is 12.8 Å². The number of rotatable bonds is 7. The van der Waals surface area contributed by atoms with Gasteiger partial charge in [-0.1, -0.05) is 36.7 Å². The van der Waals surface area contributed by atoms with Crippen LogP contribution in [0.3, 0.4) is 0 Å². The predicted octanol–water partition coefficient (Wildman–Crippen LogP) is 4.08. The van der Waals surface area contributed by atoms with E-state index in [0.29, 0.717) is 33.7 Å². The standard InChI is InChI=1S/C23H23N5O3S/c29-21(26-20-11-12-24-28(20)16-6-1-2-7-16)15-32-23-25-19-10-4-3-9-18(19)22(30)27(23)14-17-8-5-13-31-17/h3-5,8-13,16H,1-2,6-7,14-15H2,(H,26,29). The van der Waals surface area contributed by atoms with E-state index in [-0.39, 0.29) is 23.8 Å². The molecular weight excluding hydrogens is 426 g/mol. The van der Waals surface area contributed by atoms with Crippen molar-refractivity contribution in [2.75, 3.05) is 11.1 Å². The Bertz CT molecular complexity index is 1290. The lowest BCUT2D eigenvalue weighted by Crippen LogP contribution is -2.25. The highest BCUT2D eigenvalue weighted by atomic mass is 32.2. The second-order valence-electron chi connectivity index (χ2n) is 7.82. The van der Waals surface area contributed by atoms with Crippen LogP contribution in [-0.4, -0.2) is 31.0 Å². The number of nitrogens with zero attached hydrogens (tertiary/aromatic N) is 4. The van der Waals surface area contributed by atoms with Crippen LogP contribution < -0.4 is 10.9 Å². The first-order valence-corrected chi connectivity index (χ1v) is 11.7. The molecule has 1 aromatic carbocycles. The van der Waals surface area contributed by atoms with Gasteiger partial charge in [0.05, 0.1) is 41.7 Å². The zero-order valence-corrected chi connectivity index (χ0v) is 18.3. The molecule has 0 atom stereocenters. The predicted molar refractivity (Wildman–Crippen MR) is 123 cm³/mol. The number of para-hydroxylation sites is 1. The maximum atomic E-state index is 13.1. The van der Waals surface area contributed by atoms with E-state index in [1.54, 1.807) is 35.2 Å². The van der Waals surface area contributed by atoms with Gasteiger partial charge >= 0.3 is 0 Å². The smallest absolute Gasteiger partial charge is 0.262 e. The first-order chi connectivity index (χ1) is 15.7. The molecular formula is C23H23N5O3S. The van der Waals surface area contributed by atoms with Gasteiger partial charge in [0.2, 0.25) is 5.91 Å². The number of nitrogens with one attached hydrogen (secondary N) is 1. The highest BCUT2D eigenvalue weighted by molar-refractivity contribution is 7.99. The van der Waals surface area contributed by atoms with Crippen molar-refractivity contribution in [3.8, 4) is 0 Å². The molecule has 1 aliphatic rings. The first kappa shape index (κ1) is 20.6. The summed E-state index contributed by atoms with van der Waals surface area (Å²) >= 11 is 1.23. The van der Waals surface area contributed by atoms with Gasteiger partial charge in [0.15, 0.2) is 5.16 Å². The van der Waals surface area contributed by atoms with E-state index in [1.807, 2.05) is 28.9 Å². The number of amides is 1. The molecule has 0 aliphatic heterocycles. The van der Waals surface area contributed by atoms with E-state index in [4.69, 9.17) is 4.42 Å². The van der Waals surface area contributed by atoms with Crippen LogP contribution in [0.4, 0.5) is 5.82 Å². The largest absolute Gasteiger partial charge is 0.467 e. The first-order valence-electron chi connectivity index (χ1n) is 10.7. The summed E-state index contributed by atoms with van der Waals surface area (Å²) in [6, 6.07) is 13.0. The second-order valence-corrected chi connectivity index (χ2v) is 8.76. The normalized spacial score (nSPS) is 14.2. The number of aromatic nitrogens is 4. The average molecular weight is 450 g/mol. The number of carbonyl (C=O) groups is 1. The second kappa shape index (κ2) is 9.04. The molecule has 5 rings (SSSR count). The van der Waals surface area contributed by atoms with E-state index in [9.17, 15) is 9.59 Å². The lowest BCUT2D eigenvalue weighted by Gasteiger charge is -2.15. The zero-order chi connectivity index (χ0) is 21.9. The van der Waals surface area contributed by atoms with E-state index in [2.05, 4.69) is 15.4 Å². The third-order valence-corrected chi connectivity index (χ3v) is 6.64. The summed E-state index contributed by atoms with van der Waals surface area (Å²) < 4.78 is 8.90. The third kappa shape index (κ3) is 4.20. The highest BCUT2D eigenvalue weighted by Gasteiger charge is 2.21. The molecule has 0 unspecified atom stereocenters. The highest BCUT2D eigenvalue weighted by Crippen LogP contribution is 2.31. The van der Waals surface area contributed by atoms with Gasteiger partial charge in [0.25, 0.3) is 5.56 Å². The molecule has 164 valence electrons. The molecule has 3 heterocycles. The minimum Gasteiger partial charge on any atom is -0.467 e. The molecule has 1 fully saturated rings. The fraction of sp³-hybridized carbons (Fsp3) is 0.304. The molecule has 3 aromatic heterocycles. The summed E-state index contributed by atoms with van der Waals surface area (Å²) in [5, 5.41) is 8.37. The quantitative estimate of drug-likeness (QED) is 0.337. The van der Waals surface area contributed by atoms with Crippen molar-refractivity contribution >= 4 is 34.4 Å². The number of hydrogen-bond acceptors (Lipinski definition) is 6. The number of hydrogen-bond donors (Lipinski definition) is 1. The van der Waals surface area contributed by atoms with Gasteiger partial charge in [0.1, 0.15) is 11.6 Å². The van der Waals surface area contributed by atoms with Crippen LogP contribution in [0.5, 0.6) is 0 Å². The van der Waals surface area contributed by atoms with Crippen molar-refractivity contribution in [2.24, 2.45) is 0 Å². The summed E-state index contributed by atoms with van der Waals surface area (Å²) in [7, 11) is 0. The van der Waals surface area contributed by atoms with Crippen molar-refractivity contribution < 1.29 is 9.21 Å². The third-order valence-electron chi connectivity index (χ3n) is 5.66. The van der Waals surface area contributed by atoms with Gasteiger partial charge in [-0.3, -0.25) is 14.2 Å². The Morgan fingerprint density at radius 1 is 1.16 bits per heavy atom. The molecule has 32 heavy (non-hydrogen) atoms. The van der Waals surface area contributed by atoms with Crippen molar-refractivity contribution in [3.63, 3.8) is 0 Å². The Hall–Kier alpha value is -3.33. The molecule has 1 aliphatic carbocycles. The number of fused-ring (bicyclic) bond motifs is 1. The van der Waals surface area contributed by atoms with Gasteiger partial charge in [-0.05, 0) is 37.1 Å². The molecule has 0 radical (unpaired) electrons. The summed E-state index contributed by atoms with van der Waals surface area (Å²) in [6.07, 6.45) is 7.83. The van der Waals surface area contributed by atoms with Crippen LogP contribution in [0.15, 0.2) is 69.3 Å². The van der Waals surface area contributed by atoms with Gasteiger partial charge in [-0.15, -0.1) is 0 Å². The van der Waals surface area contributed by atoms with Crippen LogP contribution in [-0.2, 0) is 11.3 Å². The van der Waals surface area contributed by atoms with Gasteiger partial charge in [0, 0.05) is 6.07 Å². The summed E-state index contributed by atoms with van der Waals surface area (Å²) in [5.41, 5.74) is 0.449. The lowest BCUT2D eigenvalue weighted by atomic mass is 10.2. The van der Waals surface area contributed by atoms with Crippen LogP contribution >= 0.6 is 11.8 Å². The molecule has 8 nitrogen and oxygen atoms in total. The monoisotopic (exact) mass is 449 g/mol. The van der Waals surface area contributed by atoms with Crippen molar-refractivity contribution in [1.29, 1.82) is 0 Å². The fourth-order valence-corrected chi connectivity index (χ4v) is 4.92. The molecule has 4 aromatic rings. The molecule has 1 saturated carbocycles. The maximum absolute atomic E-state index is 13.1. The van der Waals surface area contributed by atoms with Crippen LogP contribution in [0.2, 0.25) is 0 Å². The minimum atomic E-state index is -0.165. The van der Waals surface area contributed by atoms with E-state index in [1.165, 1.54) is 24.6 Å². The Labute approximate surface area is 188 Å². The van der Waals surface area contributed by atoms with E-state index >= 15 is 0 Å². The van der Waals surface area contributed by atoms with Crippen molar-refractivity contribution in [2.45, 2.75) is 43.4 Å². The van der Waals surface area contributed by atoms with Gasteiger partial charge in [-0.2, -0.15) is 5.10 Å². The zero-order valence-electron chi connectivity index (χ0n) is 17.4. The summed E-state index contributed by atoms with van der Waals surface area (Å²) in [5.74, 6) is 1.32.